The van der Waals surface area contributed by atoms with Gasteiger partial charge in [0.1, 0.15) is 0 Å². The van der Waals surface area contributed by atoms with E-state index in [0.29, 0.717) is 31.1 Å². The molecular weight excluding hydrogens is 406 g/mol. The molecule has 1 unspecified atom stereocenters. The Morgan fingerprint density at radius 2 is 1.72 bits per heavy atom. The van der Waals surface area contributed by atoms with Crippen molar-refractivity contribution in [1.29, 1.82) is 0 Å². The van der Waals surface area contributed by atoms with E-state index in [2.05, 4.69) is 5.32 Å². The molecule has 1 saturated heterocycles. The third-order valence-electron chi connectivity index (χ3n) is 5.20. The molecule has 1 aliphatic rings. The largest absolute Gasteiger partial charge is 0.325 e. The molecule has 1 atom stereocenters. The van der Waals surface area contributed by atoms with Crippen LogP contribution in [0.1, 0.15) is 12.5 Å². The first-order chi connectivity index (χ1) is 13.8. The number of piperazine rings is 1. The van der Waals surface area contributed by atoms with E-state index < -0.39 is 10.0 Å². The highest BCUT2D eigenvalue weighted by molar-refractivity contribution is 7.98. The van der Waals surface area contributed by atoms with Gasteiger partial charge in [0.2, 0.25) is 15.9 Å². The van der Waals surface area contributed by atoms with Gasteiger partial charge < -0.3 is 5.32 Å². The van der Waals surface area contributed by atoms with Crippen molar-refractivity contribution in [3.63, 3.8) is 0 Å². The molecule has 2 aromatic carbocycles. The summed E-state index contributed by atoms with van der Waals surface area (Å²) in [5, 5.41) is 2.96. The van der Waals surface area contributed by atoms with Crippen LogP contribution in [-0.2, 0) is 14.8 Å². The molecule has 1 aliphatic heterocycles. The summed E-state index contributed by atoms with van der Waals surface area (Å²) in [7, 11) is -3.50. The second-order valence-corrected chi connectivity index (χ2v) is 9.97. The molecular formula is C21H27N3O3S2. The summed E-state index contributed by atoms with van der Waals surface area (Å²) in [6, 6.07) is 14.3. The van der Waals surface area contributed by atoms with E-state index in [-0.39, 0.29) is 11.9 Å². The molecule has 6 nitrogen and oxygen atoms in total. The van der Waals surface area contributed by atoms with E-state index >= 15 is 0 Å². The minimum absolute atomic E-state index is 0.0851. The van der Waals surface area contributed by atoms with Crippen LogP contribution < -0.4 is 5.32 Å². The number of thioether (sulfide) groups is 1. The third kappa shape index (κ3) is 5.19. The molecule has 8 heteroatoms. The fourth-order valence-corrected chi connectivity index (χ4v) is 5.19. The first-order valence-corrected chi connectivity index (χ1v) is 12.2. The van der Waals surface area contributed by atoms with Gasteiger partial charge in [0.25, 0.3) is 0 Å². The Morgan fingerprint density at radius 1 is 1.07 bits per heavy atom. The van der Waals surface area contributed by atoms with E-state index in [0.717, 1.165) is 16.1 Å². The fraction of sp³-hybridized carbons (Fsp3) is 0.381. The highest BCUT2D eigenvalue weighted by Gasteiger charge is 2.31. The SMILES string of the molecule is CSc1cccc(NC(=O)C(C)N2CCN(S(=O)(=O)c3ccc(C)cc3)CC2)c1. The Hall–Kier alpha value is -1.87. The maximum atomic E-state index is 12.8. The Bertz CT molecular complexity index is 953. The van der Waals surface area contributed by atoms with Crippen LogP contribution in [0.2, 0.25) is 0 Å². The van der Waals surface area contributed by atoms with Crippen LogP contribution in [0.25, 0.3) is 0 Å². The molecule has 0 spiro atoms. The Balaban J connectivity index is 1.59. The molecule has 0 saturated carbocycles. The number of aryl methyl sites for hydroxylation is 1. The van der Waals surface area contributed by atoms with Crippen LogP contribution in [-0.4, -0.2) is 62.0 Å². The molecule has 0 radical (unpaired) electrons. The highest BCUT2D eigenvalue weighted by atomic mass is 32.2. The van der Waals surface area contributed by atoms with Gasteiger partial charge in [0.05, 0.1) is 10.9 Å². The van der Waals surface area contributed by atoms with Crippen molar-refractivity contribution in [2.75, 3.05) is 37.8 Å². The Labute approximate surface area is 177 Å². The van der Waals surface area contributed by atoms with E-state index in [1.165, 1.54) is 4.31 Å². The number of nitrogens with one attached hydrogen (secondary N) is 1. The van der Waals surface area contributed by atoms with Crippen molar-refractivity contribution in [3.05, 3.63) is 54.1 Å². The molecule has 0 aliphatic carbocycles. The fourth-order valence-electron chi connectivity index (χ4n) is 3.30. The maximum absolute atomic E-state index is 12.8. The molecule has 1 heterocycles. The number of amides is 1. The van der Waals surface area contributed by atoms with Crippen molar-refractivity contribution >= 4 is 33.4 Å². The van der Waals surface area contributed by atoms with E-state index in [1.807, 2.05) is 61.4 Å². The molecule has 1 N–H and O–H groups in total. The molecule has 156 valence electrons. The van der Waals surface area contributed by atoms with Gasteiger partial charge in [0.15, 0.2) is 0 Å². The number of carbonyl (C=O) groups is 1. The lowest BCUT2D eigenvalue weighted by Gasteiger charge is -2.36. The number of anilines is 1. The molecule has 1 amide bonds. The normalized spacial score (nSPS) is 17.1. The van der Waals surface area contributed by atoms with Gasteiger partial charge in [-0.05, 0) is 50.4 Å². The Kier molecular flexibility index (Phi) is 7.00. The highest BCUT2D eigenvalue weighted by Crippen LogP contribution is 2.21. The van der Waals surface area contributed by atoms with E-state index in [1.54, 1.807) is 23.9 Å². The number of benzene rings is 2. The predicted molar refractivity (Wildman–Crippen MR) is 118 cm³/mol. The van der Waals surface area contributed by atoms with Gasteiger partial charge in [-0.25, -0.2) is 8.42 Å². The minimum atomic E-state index is -3.50. The van der Waals surface area contributed by atoms with Crippen LogP contribution in [0, 0.1) is 6.92 Å². The van der Waals surface area contributed by atoms with Crippen LogP contribution in [0.3, 0.4) is 0 Å². The van der Waals surface area contributed by atoms with Crippen molar-refractivity contribution in [1.82, 2.24) is 9.21 Å². The lowest BCUT2D eigenvalue weighted by molar-refractivity contribution is -0.121. The van der Waals surface area contributed by atoms with Crippen LogP contribution in [0.4, 0.5) is 5.69 Å². The van der Waals surface area contributed by atoms with Crippen molar-refractivity contribution < 1.29 is 13.2 Å². The number of nitrogens with zero attached hydrogens (tertiary/aromatic N) is 2. The summed E-state index contributed by atoms with van der Waals surface area (Å²) >= 11 is 1.62. The second-order valence-electron chi connectivity index (χ2n) is 7.15. The zero-order valence-corrected chi connectivity index (χ0v) is 18.6. The zero-order valence-electron chi connectivity index (χ0n) is 17.0. The summed E-state index contributed by atoms with van der Waals surface area (Å²) in [5.41, 5.74) is 1.80. The van der Waals surface area contributed by atoms with Gasteiger partial charge in [-0.3, -0.25) is 9.69 Å². The van der Waals surface area contributed by atoms with E-state index in [4.69, 9.17) is 0 Å². The minimum Gasteiger partial charge on any atom is -0.325 e. The monoisotopic (exact) mass is 433 g/mol. The average molecular weight is 434 g/mol. The Morgan fingerprint density at radius 3 is 2.34 bits per heavy atom. The first-order valence-electron chi connectivity index (χ1n) is 9.57. The number of hydrogen-bond donors (Lipinski definition) is 1. The summed E-state index contributed by atoms with van der Waals surface area (Å²) < 4.78 is 27.2. The van der Waals surface area contributed by atoms with E-state index in [9.17, 15) is 13.2 Å². The summed E-state index contributed by atoms with van der Waals surface area (Å²) in [5.74, 6) is -0.0851. The lowest BCUT2D eigenvalue weighted by atomic mass is 10.2. The zero-order chi connectivity index (χ0) is 21.0. The molecule has 0 bridgehead atoms. The second kappa shape index (κ2) is 9.30. The molecule has 3 rings (SSSR count). The maximum Gasteiger partial charge on any atom is 0.243 e. The van der Waals surface area contributed by atoms with Crippen LogP contribution >= 0.6 is 11.8 Å². The van der Waals surface area contributed by atoms with Crippen molar-refractivity contribution in [3.8, 4) is 0 Å². The predicted octanol–water partition coefficient (Wildman–Crippen LogP) is 3.05. The van der Waals surface area contributed by atoms with Crippen LogP contribution in [0.15, 0.2) is 58.3 Å². The van der Waals surface area contributed by atoms with Crippen LogP contribution in [0.5, 0.6) is 0 Å². The van der Waals surface area contributed by atoms with Gasteiger partial charge in [0, 0.05) is 36.8 Å². The molecule has 0 aromatic heterocycles. The van der Waals surface area contributed by atoms with Gasteiger partial charge in [-0.1, -0.05) is 23.8 Å². The number of hydrogen-bond acceptors (Lipinski definition) is 5. The topological polar surface area (TPSA) is 69.7 Å². The lowest BCUT2D eigenvalue weighted by Crippen LogP contribution is -2.53. The molecule has 1 fully saturated rings. The smallest absolute Gasteiger partial charge is 0.243 e. The summed E-state index contributed by atoms with van der Waals surface area (Å²) in [6.45, 7) is 5.57. The standard InChI is InChI=1S/C21H27N3O3S2/c1-16-7-9-20(10-8-16)29(26,27)24-13-11-23(12-14-24)17(2)21(25)22-18-5-4-6-19(15-18)28-3/h4-10,15,17H,11-14H2,1-3H3,(H,22,25). The number of rotatable bonds is 6. The van der Waals surface area contributed by atoms with Crippen molar-refractivity contribution in [2.45, 2.75) is 29.7 Å². The molecule has 2 aromatic rings. The quantitative estimate of drug-likeness (QED) is 0.709. The van der Waals surface area contributed by atoms with Gasteiger partial charge in [-0.15, -0.1) is 11.8 Å². The summed E-state index contributed by atoms with van der Waals surface area (Å²) in [6.07, 6.45) is 1.99. The van der Waals surface area contributed by atoms with Gasteiger partial charge in [-0.2, -0.15) is 4.31 Å². The summed E-state index contributed by atoms with van der Waals surface area (Å²) in [4.78, 5) is 16.1. The number of carbonyl (C=O) groups excluding carboxylic acids is 1. The van der Waals surface area contributed by atoms with Crippen molar-refractivity contribution in [2.24, 2.45) is 0 Å². The van der Waals surface area contributed by atoms with Gasteiger partial charge >= 0.3 is 0 Å². The average Bonchev–Trinajstić information content (AvgIpc) is 2.73. The third-order valence-corrected chi connectivity index (χ3v) is 7.83. The first kappa shape index (κ1) is 21.8. The number of sulfonamides is 1. The molecule has 29 heavy (non-hydrogen) atoms.